The Labute approximate surface area is 131 Å². The van der Waals surface area contributed by atoms with Crippen molar-refractivity contribution in [3.63, 3.8) is 0 Å². The number of carboxylic acids is 1. The highest BCUT2D eigenvalue weighted by Crippen LogP contribution is 2.21. The summed E-state index contributed by atoms with van der Waals surface area (Å²) in [6.07, 6.45) is 1.17. The summed E-state index contributed by atoms with van der Waals surface area (Å²) < 4.78 is 4.93. The van der Waals surface area contributed by atoms with Gasteiger partial charge in [0.1, 0.15) is 6.54 Å². The number of nitrogens with zero attached hydrogens (tertiary/aromatic N) is 2. The summed E-state index contributed by atoms with van der Waals surface area (Å²) in [5.74, 6) is -1.34. The van der Waals surface area contributed by atoms with Crippen LogP contribution >= 0.6 is 0 Å². The molecule has 0 saturated carbocycles. The van der Waals surface area contributed by atoms with Gasteiger partial charge >= 0.3 is 5.97 Å². The summed E-state index contributed by atoms with van der Waals surface area (Å²) in [5, 5.41) is 8.92. The van der Waals surface area contributed by atoms with Crippen LogP contribution in [0.4, 0.5) is 0 Å². The fourth-order valence-electron chi connectivity index (χ4n) is 2.60. The molecule has 0 atom stereocenters. The quantitative estimate of drug-likeness (QED) is 0.737. The minimum absolute atomic E-state index is 0.0440. The standard InChI is InChI=1S/C15H26N2O5/c1-11(2)14(20)16-6-4-12(5-7-16)15(21)17(8-9-22-3)10-13(18)19/h11-12H,4-10H2,1-3H3,(H,18,19). The van der Waals surface area contributed by atoms with Crippen molar-refractivity contribution >= 4 is 17.8 Å². The van der Waals surface area contributed by atoms with E-state index in [1.807, 2.05) is 13.8 Å². The van der Waals surface area contributed by atoms with E-state index >= 15 is 0 Å². The summed E-state index contributed by atoms with van der Waals surface area (Å²) in [6.45, 7) is 5.10. The Balaban J connectivity index is 2.57. The van der Waals surface area contributed by atoms with Gasteiger partial charge in [-0.05, 0) is 12.8 Å². The molecule has 1 aliphatic rings. The molecule has 0 radical (unpaired) electrons. The summed E-state index contributed by atoms with van der Waals surface area (Å²) >= 11 is 0. The second kappa shape index (κ2) is 8.73. The smallest absolute Gasteiger partial charge is 0.323 e. The Morgan fingerprint density at radius 2 is 1.86 bits per heavy atom. The first-order chi connectivity index (χ1) is 10.4. The number of likely N-dealkylation sites (tertiary alicyclic amines) is 1. The van der Waals surface area contributed by atoms with Gasteiger partial charge in [-0.15, -0.1) is 0 Å². The summed E-state index contributed by atoms with van der Waals surface area (Å²) in [5.41, 5.74) is 0. The molecule has 2 amide bonds. The molecule has 1 rings (SSSR count). The Morgan fingerprint density at radius 1 is 1.27 bits per heavy atom. The second-order valence-corrected chi connectivity index (χ2v) is 5.90. The van der Waals surface area contributed by atoms with E-state index in [0.717, 1.165) is 0 Å². The van der Waals surface area contributed by atoms with Crippen molar-refractivity contribution in [2.45, 2.75) is 26.7 Å². The molecule has 7 heteroatoms. The zero-order valence-corrected chi connectivity index (χ0v) is 13.6. The van der Waals surface area contributed by atoms with E-state index < -0.39 is 5.97 Å². The molecule has 0 unspecified atom stereocenters. The molecule has 1 saturated heterocycles. The molecule has 0 aromatic rings. The highest BCUT2D eigenvalue weighted by molar-refractivity contribution is 5.83. The summed E-state index contributed by atoms with van der Waals surface area (Å²) in [4.78, 5) is 38.4. The van der Waals surface area contributed by atoms with Gasteiger partial charge in [-0.25, -0.2) is 0 Å². The molecule has 0 aliphatic carbocycles. The number of amides is 2. The van der Waals surface area contributed by atoms with Gasteiger partial charge in [0, 0.05) is 38.6 Å². The molecular weight excluding hydrogens is 288 g/mol. The lowest BCUT2D eigenvalue weighted by molar-refractivity contribution is -0.148. The highest BCUT2D eigenvalue weighted by atomic mass is 16.5. The number of carboxylic acid groups (broad SMARTS) is 1. The lowest BCUT2D eigenvalue weighted by atomic mass is 9.94. The zero-order chi connectivity index (χ0) is 16.7. The van der Waals surface area contributed by atoms with Gasteiger partial charge in [0.15, 0.2) is 0 Å². The maximum Gasteiger partial charge on any atom is 0.323 e. The maximum atomic E-state index is 12.5. The number of carbonyl (C=O) groups is 3. The lowest BCUT2D eigenvalue weighted by Gasteiger charge is -2.34. The molecule has 1 aliphatic heterocycles. The van der Waals surface area contributed by atoms with Crippen LogP contribution in [0.5, 0.6) is 0 Å². The molecule has 1 fully saturated rings. The van der Waals surface area contributed by atoms with Crippen molar-refractivity contribution in [1.29, 1.82) is 0 Å². The molecular formula is C15H26N2O5. The van der Waals surface area contributed by atoms with Crippen LogP contribution in [0.25, 0.3) is 0 Å². The highest BCUT2D eigenvalue weighted by Gasteiger charge is 2.31. The SMILES string of the molecule is COCCN(CC(=O)O)C(=O)C1CCN(C(=O)C(C)C)CC1. The van der Waals surface area contributed by atoms with Gasteiger partial charge in [-0.3, -0.25) is 14.4 Å². The summed E-state index contributed by atoms with van der Waals surface area (Å²) in [6, 6.07) is 0. The van der Waals surface area contributed by atoms with Gasteiger partial charge in [0.2, 0.25) is 11.8 Å². The van der Waals surface area contributed by atoms with Crippen LogP contribution in [0.15, 0.2) is 0 Å². The predicted octanol–water partition coefficient (Wildman–Crippen LogP) is 0.441. The average molecular weight is 314 g/mol. The van der Waals surface area contributed by atoms with E-state index in [2.05, 4.69) is 0 Å². The Hall–Kier alpha value is -1.63. The number of hydrogen-bond acceptors (Lipinski definition) is 4. The molecule has 0 aromatic heterocycles. The monoisotopic (exact) mass is 314 g/mol. The number of methoxy groups -OCH3 is 1. The first kappa shape index (κ1) is 18.4. The Bertz CT molecular complexity index is 403. The minimum Gasteiger partial charge on any atom is -0.480 e. The van der Waals surface area contributed by atoms with Crippen LogP contribution in [0.3, 0.4) is 0 Å². The second-order valence-electron chi connectivity index (χ2n) is 5.90. The van der Waals surface area contributed by atoms with Crippen molar-refractivity contribution < 1.29 is 24.2 Å². The number of aliphatic carboxylic acids is 1. The largest absolute Gasteiger partial charge is 0.480 e. The molecule has 1 heterocycles. The van der Waals surface area contributed by atoms with Crippen molar-refractivity contribution in [2.24, 2.45) is 11.8 Å². The molecule has 0 bridgehead atoms. The number of carbonyl (C=O) groups excluding carboxylic acids is 2. The third kappa shape index (κ3) is 5.29. The third-order valence-corrected chi connectivity index (χ3v) is 3.85. The van der Waals surface area contributed by atoms with E-state index in [-0.39, 0.29) is 36.7 Å². The molecule has 7 nitrogen and oxygen atoms in total. The van der Waals surface area contributed by atoms with E-state index in [4.69, 9.17) is 9.84 Å². The zero-order valence-electron chi connectivity index (χ0n) is 13.6. The number of piperidine rings is 1. The van der Waals surface area contributed by atoms with Gasteiger partial charge in [0.05, 0.1) is 6.61 Å². The van der Waals surface area contributed by atoms with Crippen LogP contribution in [-0.4, -0.2) is 72.6 Å². The summed E-state index contributed by atoms with van der Waals surface area (Å²) in [7, 11) is 1.51. The van der Waals surface area contributed by atoms with Crippen molar-refractivity contribution in [1.82, 2.24) is 9.80 Å². The minimum atomic E-state index is -1.03. The molecule has 0 spiro atoms. The van der Waals surface area contributed by atoms with Gasteiger partial charge in [-0.2, -0.15) is 0 Å². The van der Waals surface area contributed by atoms with E-state index in [9.17, 15) is 14.4 Å². The molecule has 126 valence electrons. The van der Waals surface area contributed by atoms with E-state index in [1.54, 1.807) is 4.90 Å². The Kier molecular flexibility index (Phi) is 7.31. The van der Waals surface area contributed by atoms with Crippen LogP contribution < -0.4 is 0 Å². The Morgan fingerprint density at radius 3 is 2.32 bits per heavy atom. The fourth-order valence-corrected chi connectivity index (χ4v) is 2.60. The van der Waals surface area contributed by atoms with Gasteiger partial charge in [-0.1, -0.05) is 13.8 Å². The van der Waals surface area contributed by atoms with Gasteiger partial charge in [0.25, 0.3) is 0 Å². The fraction of sp³-hybridized carbons (Fsp3) is 0.800. The first-order valence-corrected chi connectivity index (χ1v) is 7.65. The average Bonchev–Trinajstić information content (AvgIpc) is 2.49. The molecule has 22 heavy (non-hydrogen) atoms. The van der Waals surface area contributed by atoms with Crippen LogP contribution in [-0.2, 0) is 19.1 Å². The van der Waals surface area contributed by atoms with Crippen molar-refractivity contribution in [2.75, 3.05) is 39.9 Å². The van der Waals surface area contributed by atoms with Crippen LogP contribution in [0, 0.1) is 11.8 Å². The molecule has 0 aromatic carbocycles. The molecule has 1 N–H and O–H groups in total. The number of ether oxygens (including phenoxy) is 1. The van der Waals surface area contributed by atoms with E-state index in [1.165, 1.54) is 12.0 Å². The number of hydrogen-bond donors (Lipinski definition) is 1. The van der Waals surface area contributed by atoms with Gasteiger partial charge < -0.3 is 19.6 Å². The van der Waals surface area contributed by atoms with Crippen molar-refractivity contribution in [3.8, 4) is 0 Å². The maximum absolute atomic E-state index is 12.5. The normalized spacial score (nSPS) is 15.9. The number of rotatable bonds is 7. The predicted molar refractivity (Wildman–Crippen MR) is 80.2 cm³/mol. The first-order valence-electron chi connectivity index (χ1n) is 7.65. The van der Waals surface area contributed by atoms with Crippen molar-refractivity contribution in [3.05, 3.63) is 0 Å². The third-order valence-electron chi connectivity index (χ3n) is 3.85. The lowest BCUT2D eigenvalue weighted by Crippen LogP contribution is -2.47. The van der Waals surface area contributed by atoms with Crippen LogP contribution in [0.1, 0.15) is 26.7 Å². The topological polar surface area (TPSA) is 87.2 Å². The van der Waals surface area contributed by atoms with Crippen LogP contribution in [0.2, 0.25) is 0 Å². The van der Waals surface area contributed by atoms with E-state index in [0.29, 0.717) is 32.5 Å².